The summed E-state index contributed by atoms with van der Waals surface area (Å²) in [5.41, 5.74) is 10.3. The number of benzene rings is 1. The molecule has 1 unspecified atom stereocenters. The Morgan fingerprint density at radius 1 is 1.35 bits per heavy atom. The lowest BCUT2D eigenvalue weighted by Crippen LogP contribution is -2.29. The molecule has 0 aliphatic rings. The number of anilines is 1. The van der Waals surface area contributed by atoms with Crippen molar-refractivity contribution in [2.45, 2.75) is 6.04 Å². The molecule has 90 valence electrons. The van der Waals surface area contributed by atoms with Crippen molar-refractivity contribution in [2.24, 2.45) is 12.9 Å². The average Bonchev–Trinajstić information content (AvgIpc) is 2.65. The molecule has 1 atom stereocenters. The van der Waals surface area contributed by atoms with Crippen molar-refractivity contribution in [3.05, 3.63) is 46.6 Å². The van der Waals surface area contributed by atoms with E-state index in [1.165, 1.54) is 0 Å². The van der Waals surface area contributed by atoms with Crippen molar-refractivity contribution in [3.63, 3.8) is 0 Å². The molecule has 0 spiro atoms. The van der Waals surface area contributed by atoms with E-state index in [9.17, 15) is 0 Å². The zero-order valence-corrected chi connectivity index (χ0v) is 10.1. The number of hydrogen-bond acceptors (Lipinski definition) is 4. The molecule has 0 radical (unpaired) electrons. The molecular formula is C11H14ClN5. The molecule has 0 aliphatic heterocycles. The topological polar surface area (TPSA) is 81.9 Å². The Labute approximate surface area is 104 Å². The van der Waals surface area contributed by atoms with E-state index in [1.807, 2.05) is 24.3 Å². The smallest absolute Gasteiger partial charge is 0.126 e. The highest BCUT2D eigenvalue weighted by atomic mass is 35.5. The van der Waals surface area contributed by atoms with Gasteiger partial charge in [0, 0.05) is 17.6 Å². The van der Waals surface area contributed by atoms with Crippen molar-refractivity contribution in [1.29, 1.82) is 0 Å². The van der Waals surface area contributed by atoms with Crippen molar-refractivity contribution >= 4 is 17.4 Å². The Bertz CT molecular complexity index is 522. The second kappa shape index (κ2) is 4.75. The lowest BCUT2D eigenvalue weighted by Gasteiger charge is -2.17. The number of aryl methyl sites for hydroxylation is 1. The van der Waals surface area contributed by atoms with E-state index in [-0.39, 0.29) is 6.04 Å². The van der Waals surface area contributed by atoms with Crippen LogP contribution in [0.4, 0.5) is 5.82 Å². The van der Waals surface area contributed by atoms with Gasteiger partial charge in [-0.15, -0.1) is 0 Å². The van der Waals surface area contributed by atoms with Crippen LogP contribution in [0.2, 0.25) is 5.02 Å². The number of rotatable bonds is 3. The average molecular weight is 252 g/mol. The normalized spacial score (nSPS) is 12.6. The first-order valence-corrected chi connectivity index (χ1v) is 5.51. The van der Waals surface area contributed by atoms with Gasteiger partial charge in [-0.25, -0.2) is 5.43 Å². The number of nitrogens with zero attached hydrogens (tertiary/aromatic N) is 2. The molecule has 0 amide bonds. The minimum Gasteiger partial charge on any atom is -0.384 e. The van der Waals surface area contributed by atoms with Crippen LogP contribution in [0.1, 0.15) is 17.2 Å². The first kappa shape index (κ1) is 11.9. The zero-order valence-electron chi connectivity index (χ0n) is 9.39. The molecule has 17 heavy (non-hydrogen) atoms. The molecule has 0 saturated heterocycles. The fourth-order valence-electron chi connectivity index (χ4n) is 1.74. The molecule has 2 aromatic rings. The predicted octanol–water partition coefficient (Wildman–Crippen LogP) is 1.21. The van der Waals surface area contributed by atoms with Crippen molar-refractivity contribution in [1.82, 2.24) is 15.2 Å². The highest BCUT2D eigenvalue weighted by Gasteiger charge is 2.19. The third kappa shape index (κ3) is 2.12. The summed E-state index contributed by atoms with van der Waals surface area (Å²) in [5.74, 6) is 6.15. The van der Waals surface area contributed by atoms with Gasteiger partial charge in [0.05, 0.1) is 12.2 Å². The maximum Gasteiger partial charge on any atom is 0.126 e. The third-order valence-electron chi connectivity index (χ3n) is 2.71. The largest absolute Gasteiger partial charge is 0.384 e. The lowest BCUT2D eigenvalue weighted by atomic mass is 10.0. The maximum atomic E-state index is 6.14. The van der Waals surface area contributed by atoms with E-state index < -0.39 is 0 Å². The summed E-state index contributed by atoms with van der Waals surface area (Å²) in [6.07, 6.45) is 1.68. The molecule has 0 fully saturated rings. The van der Waals surface area contributed by atoms with Gasteiger partial charge >= 0.3 is 0 Å². The Kier molecular flexibility index (Phi) is 3.33. The first-order valence-electron chi connectivity index (χ1n) is 5.13. The van der Waals surface area contributed by atoms with E-state index in [4.69, 9.17) is 23.2 Å². The third-order valence-corrected chi connectivity index (χ3v) is 3.05. The highest BCUT2D eigenvalue weighted by Crippen LogP contribution is 2.30. The second-order valence-electron chi connectivity index (χ2n) is 3.73. The summed E-state index contributed by atoms with van der Waals surface area (Å²) in [6, 6.07) is 7.22. The zero-order chi connectivity index (χ0) is 12.4. The molecule has 1 aromatic carbocycles. The van der Waals surface area contributed by atoms with Gasteiger partial charge < -0.3 is 5.73 Å². The van der Waals surface area contributed by atoms with Gasteiger partial charge in [0.1, 0.15) is 5.82 Å². The van der Waals surface area contributed by atoms with Gasteiger partial charge in [0.2, 0.25) is 0 Å². The number of nitrogen functional groups attached to an aromatic ring is 1. The fraction of sp³-hybridized carbons (Fsp3) is 0.182. The minimum atomic E-state index is -0.266. The number of aromatic nitrogens is 2. The minimum absolute atomic E-state index is 0.266. The van der Waals surface area contributed by atoms with Gasteiger partial charge in [0.15, 0.2) is 0 Å². The highest BCUT2D eigenvalue weighted by molar-refractivity contribution is 6.31. The van der Waals surface area contributed by atoms with Crippen molar-refractivity contribution in [2.75, 3.05) is 5.73 Å². The van der Waals surface area contributed by atoms with E-state index in [0.717, 1.165) is 11.1 Å². The second-order valence-corrected chi connectivity index (χ2v) is 4.14. The SMILES string of the molecule is Cn1ncc(C(NN)c2ccccc2Cl)c1N. The number of nitrogens with one attached hydrogen (secondary N) is 1. The van der Waals surface area contributed by atoms with Gasteiger partial charge in [0.25, 0.3) is 0 Å². The Morgan fingerprint density at radius 2 is 2.06 bits per heavy atom. The number of halogens is 1. The van der Waals surface area contributed by atoms with Crippen LogP contribution in [-0.4, -0.2) is 9.78 Å². The van der Waals surface area contributed by atoms with E-state index in [1.54, 1.807) is 17.9 Å². The van der Waals surface area contributed by atoms with Crippen LogP contribution in [-0.2, 0) is 7.05 Å². The van der Waals surface area contributed by atoms with Gasteiger partial charge in [-0.1, -0.05) is 29.8 Å². The fourth-order valence-corrected chi connectivity index (χ4v) is 1.99. The van der Waals surface area contributed by atoms with Crippen molar-refractivity contribution < 1.29 is 0 Å². The standard InChI is InChI=1S/C11H14ClN5/c1-17-11(13)8(6-15-17)10(16-14)7-4-2-3-5-9(7)12/h2-6,10,16H,13-14H2,1H3. The Hall–Kier alpha value is -1.56. The van der Waals surface area contributed by atoms with Gasteiger partial charge in [-0.3, -0.25) is 10.5 Å². The van der Waals surface area contributed by atoms with Crippen LogP contribution in [0.15, 0.2) is 30.5 Å². The van der Waals surface area contributed by atoms with Crippen LogP contribution >= 0.6 is 11.6 Å². The summed E-state index contributed by atoms with van der Waals surface area (Å²) in [7, 11) is 1.78. The summed E-state index contributed by atoms with van der Waals surface area (Å²) >= 11 is 6.14. The monoisotopic (exact) mass is 251 g/mol. The van der Waals surface area contributed by atoms with Gasteiger partial charge in [-0.2, -0.15) is 5.10 Å². The summed E-state index contributed by atoms with van der Waals surface area (Å²) < 4.78 is 1.59. The van der Waals surface area contributed by atoms with E-state index in [0.29, 0.717) is 10.8 Å². The number of hydrogen-bond donors (Lipinski definition) is 3. The number of nitrogens with two attached hydrogens (primary N) is 2. The molecule has 1 heterocycles. The summed E-state index contributed by atoms with van der Waals surface area (Å²) in [6.45, 7) is 0. The van der Waals surface area contributed by atoms with Gasteiger partial charge in [-0.05, 0) is 11.6 Å². The quantitative estimate of drug-likeness (QED) is 0.566. The maximum absolute atomic E-state index is 6.14. The Morgan fingerprint density at radius 3 is 2.59 bits per heavy atom. The molecular weight excluding hydrogens is 238 g/mol. The molecule has 0 saturated carbocycles. The Balaban J connectivity index is 2.48. The van der Waals surface area contributed by atoms with E-state index >= 15 is 0 Å². The van der Waals surface area contributed by atoms with E-state index in [2.05, 4.69) is 10.5 Å². The predicted molar refractivity (Wildman–Crippen MR) is 68.2 cm³/mol. The molecule has 6 heteroatoms. The molecule has 0 aliphatic carbocycles. The van der Waals surface area contributed by atoms with Crippen LogP contribution in [0, 0.1) is 0 Å². The van der Waals surface area contributed by atoms with Crippen LogP contribution in [0.25, 0.3) is 0 Å². The van der Waals surface area contributed by atoms with Crippen LogP contribution in [0.5, 0.6) is 0 Å². The molecule has 0 bridgehead atoms. The first-order chi connectivity index (χ1) is 8.15. The lowest BCUT2D eigenvalue weighted by molar-refractivity contribution is 0.638. The van der Waals surface area contributed by atoms with Crippen LogP contribution < -0.4 is 17.0 Å². The molecule has 1 aromatic heterocycles. The van der Waals surface area contributed by atoms with Crippen LogP contribution in [0.3, 0.4) is 0 Å². The number of hydrazine groups is 1. The molecule has 2 rings (SSSR count). The van der Waals surface area contributed by atoms with Crippen molar-refractivity contribution in [3.8, 4) is 0 Å². The molecule has 5 N–H and O–H groups in total. The summed E-state index contributed by atoms with van der Waals surface area (Å²) in [4.78, 5) is 0. The summed E-state index contributed by atoms with van der Waals surface area (Å²) in [5, 5.41) is 4.73. The molecule has 5 nitrogen and oxygen atoms in total.